The van der Waals surface area contributed by atoms with Gasteiger partial charge in [-0.1, -0.05) is 6.07 Å². The molecule has 1 aromatic heterocycles. The molecule has 0 saturated heterocycles. The highest BCUT2D eigenvalue weighted by Crippen LogP contribution is 2.33. The van der Waals surface area contributed by atoms with Crippen molar-refractivity contribution < 1.29 is 18.3 Å². The highest BCUT2D eigenvalue weighted by Gasteiger charge is 2.13. The number of nitrogens with zero attached hydrogens (tertiary/aromatic N) is 1. The summed E-state index contributed by atoms with van der Waals surface area (Å²) in [7, 11) is 3.19. The molecule has 4 nitrogen and oxygen atoms in total. The SMILES string of the molecule is COc1ccc(-c2nc(CN[C@@H](C)c3ccc(F)cc3F)cs2)cc1OC. The van der Waals surface area contributed by atoms with Gasteiger partial charge in [0, 0.05) is 35.2 Å². The smallest absolute Gasteiger partial charge is 0.161 e. The van der Waals surface area contributed by atoms with Crippen LogP contribution >= 0.6 is 11.3 Å². The van der Waals surface area contributed by atoms with Crippen LogP contribution in [0.5, 0.6) is 11.5 Å². The number of thiazole rings is 1. The van der Waals surface area contributed by atoms with Crippen LogP contribution in [-0.4, -0.2) is 19.2 Å². The molecule has 0 spiro atoms. The van der Waals surface area contributed by atoms with Crippen LogP contribution in [0.1, 0.15) is 24.2 Å². The predicted molar refractivity (Wildman–Crippen MR) is 102 cm³/mol. The van der Waals surface area contributed by atoms with E-state index in [1.165, 1.54) is 23.5 Å². The first-order valence-electron chi connectivity index (χ1n) is 8.37. The number of aromatic nitrogens is 1. The summed E-state index contributed by atoms with van der Waals surface area (Å²) in [5.74, 6) is 0.168. The van der Waals surface area contributed by atoms with Gasteiger partial charge in [0.2, 0.25) is 0 Å². The van der Waals surface area contributed by atoms with Gasteiger partial charge < -0.3 is 14.8 Å². The minimum atomic E-state index is -0.581. The fourth-order valence-electron chi connectivity index (χ4n) is 2.71. The van der Waals surface area contributed by atoms with Crippen molar-refractivity contribution in [2.45, 2.75) is 19.5 Å². The largest absolute Gasteiger partial charge is 0.493 e. The van der Waals surface area contributed by atoms with Gasteiger partial charge in [0.05, 0.1) is 19.9 Å². The van der Waals surface area contributed by atoms with Crippen LogP contribution in [0.4, 0.5) is 8.78 Å². The minimum Gasteiger partial charge on any atom is -0.493 e. The van der Waals surface area contributed by atoms with Crippen LogP contribution in [0.25, 0.3) is 10.6 Å². The number of rotatable bonds is 7. The van der Waals surface area contributed by atoms with Gasteiger partial charge in [0.15, 0.2) is 11.5 Å². The quantitative estimate of drug-likeness (QED) is 0.619. The Hall–Kier alpha value is -2.51. The highest BCUT2D eigenvalue weighted by atomic mass is 32.1. The summed E-state index contributed by atoms with van der Waals surface area (Å²) in [5.41, 5.74) is 2.20. The molecule has 142 valence electrons. The maximum Gasteiger partial charge on any atom is 0.161 e. The van der Waals surface area contributed by atoms with Crippen molar-refractivity contribution in [3.05, 3.63) is 64.7 Å². The molecule has 0 bridgehead atoms. The fraction of sp³-hybridized carbons (Fsp3) is 0.250. The minimum absolute atomic E-state index is 0.267. The molecule has 0 aliphatic carbocycles. The van der Waals surface area contributed by atoms with Gasteiger partial charge in [-0.25, -0.2) is 13.8 Å². The topological polar surface area (TPSA) is 43.4 Å². The summed E-state index contributed by atoms with van der Waals surface area (Å²) in [6, 6.07) is 8.99. The highest BCUT2D eigenvalue weighted by molar-refractivity contribution is 7.13. The first-order chi connectivity index (χ1) is 13.0. The lowest BCUT2D eigenvalue weighted by atomic mass is 10.1. The maximum absolute atomic E-state index is 13.9. The van der Waals surface area contributed by atoms with Gasteiger partial charge in [-0.15, -0.1) is 11.3 Å². The van der Waals surface area contributed by atoms with Gasteiger partial charge >= 0.3 is 0 Å². The van der Waals surface area contributed by atoms with Crippen molar-refractivity contribution in [1.29, 1.82) is 0 Å². The van der Waals surface area contributed by atoms with Crippen LogP contribution in [0.2, 0.25) is 0 Å². The molecule has 0 radical (unpaired) electrons. The zero-order valence-corrected chi connectivity index (χ0v) is 16.1. The Bertz CT molecular complexity index is 930. The van der Waals surface area contributed by atoms with Crippen LogP contribution in [-0.2, 0) is 6.54 Å². The van der Waals surface area contributed by atoms with E-state index in [0.717, 1.165) is 22.3 Å². The molecular formula is C20H20F2N2O2S. The number of methoxy groups -OCH3 is 2. The molecule has 0 fully saturated rings. The second kappa shape index (κ2) is 8.45. The van der Waals surface area contributed by atoms with Gasteiger partial charge in [0.1, 0.15) is 16.6 Å². The molecule has 7 heteroatoms. The molecule has 0 saturated carbocycles. The summed E-state index contributed by atoms with van der Waals surface area (Å²) in [6.07, 6.45) is 0. The van der Waals surface area contributed by atoms with Gasteiger partial charge in [0.25, 0.3) is 0 Å². The van der Waals surface area contributed by atoms with Crippen molar-refractivity contribution in [2.24, 2.45) is 0 Å². The van der Waals surface area contributed by atoms with E-state index in [2.05, 4.69) is 10.3 Å². The van der Waals surface area contributed by atoms with Crippen LogP contribution in [0, 0.1) is 11.6 Å². The average molecular weight is 390 g/mol. The summed E-state index contributed by atoms with van der Waals surface area (Å²) < 4.78 is 37.5. The van der Waals surface area contributed by atoms with E-state index < -0.39 is 11.6 Å². The lowest BCUT2D eigenvalue weighted by molar-refractivity contribution is 0.355. The zero-order chi connectivity index (χ0) is 19.4. The Labute approximate surface area is 160 Å². The lowest BCUT2D eigenvalue weighted by Gasteiger charge is -2.14. The Balaban J connectivity index is 1.69. The summed E-state index contributed by atoms with van der Waals surface area (Å²) in [6.45, 7) is 2.31. The Morgan fingerprint density at radius 3 is 2.56 bits per heavy atom. The molecule has 3 aromatic rings. The van der Waals surface area contributed by atoms with E-state index in [1.807, 2.05) is 30.5 Å². The van der Waals surface area contributed by atoms with Crippen LogP contribution in [0.3, 0.4) is 0 Å². The first-order valence-corrected chi connectivity index (χ1v) is 9.25. The van der Waals surface area contributed by atoms with E-state index >= 15 is 0 Å². The van der Waals surface area contributed by atoms with Crippen molar-refractivity contribution >= 4 is 11.3 Å². The maximum atomic E-state index is 13.9. The molecule has 0 aliphatic heterocycles. The normalized spacial score (nSPS) is 12.0. The Kier molecular flexibility index (Phi) is 6.03. The molecule has 27 heavy (non-hydrogen) atoms. The average Bonchev–Trinajstić information content (AvgIpc) is 3.14. The molecule has 0 unspecified atom stereocenters. The molecule has 3 rings (SSSR count). The molecule has 0 amide bonds. The zero-order valence-electron chi connectivity index (χ0n) is 15.3. The molecule has 1 heterocycles. The van der Waals surface area contributed by atoms with Crippen molar-refractivity contribution in [1.82, 2.24) is 10.3 Å². The number of hydrogen-bond donors (Lipinski definition) is 1. The third-order valence-electron chi connectivity index (χ3n) is 4.20. The molecule has 2 aromatic carbocycles. The summed E-state index contributed by atoms with van der Waals surface area (Å²) in [4.78, 5) is 4.62. The van der Waals surface area contributed by atoms with E-state index in [9.17, 15) is 8.78 Å². The lowest BCUT2D eigenvalue weighted by Crippen LogP contribution is -2.19. The number of ether oxygens (including phenoxy) is 2. The van der Waals surface area contributed by atoms with Crippen molar-refractivity contribution in [2.75, 3.05) is 14.2 Å². The second-order valence-corrected chi connectivity index (χ2v) is 6.84. The number of hydrogen-bond acceptors (Lipinski definition) is 5. The van der Waals surface area contributed by atoms with Gasteiger partial charge in [-0.2, -0.15) is 0 Å². The van der Waals surface area contributed by atoms with Crippen molar-refractivity contribution in [3.8, 4) is 22.1 Å². The first kappa shape index (κ1) is 19.3. The number of benzene rings is 2. The summed E-state index contributed by atoms with van der Waals surface area (Å²) >= 11 is 1.52. The van der Waals surface area contributed by atoms with E-state index in [-0.39, 0.29) is 6.04 Å². The molecule has 0 aliphatic rings. The van der Waals surface area contributed by atoms with Crippen molar-refractivity contribution in [3.63, 3.8) is 0 Å². The summed E-state index contributed by atoms with van der Waals surface area (Å²) in [5, 5.41) is 6.02. The van der Waals surface area contributed by atoms with E-state index in [4.69, 9.17) is 9.47 Å². The van der Waals surface area contributed by atoms with Gasteiger partial charge in [-0.05, 0) is 31.2 Å². The van der Waals surface area contributed by atoms with E-state index in [1.54, 1.807) is 14.2 Å². The fourth-order valence-corrected chi connectivity index (χ4v) is 3.53. The number of halogens is 2. The third-order valence-corrected chi connectivity index (χ3v) is 5.14. The standard InChI is InChI=1S/C20H20F2N2O2S/c1-12(16-6-5-14(21)9-17(16)22)23-10-15-11-27-20(24-15)13-4-7-18(25-2)19(8-13)26-3/h4-9,11-12,23H,10H2,1-3H3/t12-/m0/s1. The predicted octanol–water partition coefficient (Wildman–Crippen LogP) is 4.96. The van der Waals surface area contributed by atoms with Crippen LogP contribution < -0.4 is 14.8 Å². The third kappa shape index (κ3) is 4.43. The van der Waals surface area contributed by atoms with Crippen LogP contribution in [0.15, 0.2) is 41.8 Å². The monoisotopic (exact) mass is 390 g/mol. The second-order valence-electron chi connectivity index (χ2n) is 5.98. The van der Waals surface area contributed by atoms with E-state index in [0.29, 0.717) is 23.6 Å². The Morgan fingerprint density at radius 1 is 1.07 bits per heavy atom. The molecule has 1 atom stereocenters. The van der Waals surface area contributed by atoms with Gasteiger partial charge in [-0.3, -0.25) is 0 Å². The molecular weight excluding hydrogens is 370 g/mol. The number of nitrogens with one attached hydrogen (secondary N) is 1. The molecule has 1 N–H and O–H groups in total. The Morgan fingerprint density at radius 2 is 1.85 bits per heavy atom.